The van der Waals surface area contributed by atoms with Gasteiger partial charge < -0.3 is 19.5 Å². The number of anilines is 1. The Kier molecular flexibility index (Phi) is 7.65. The Morgan fingerprint density at radius 2 is 1.35 bits per heavy atom. The van der Waals surface area contributed by atoms with Crippen molar-refractivity contribution in [3.63, 3.8) is 0 Å². The van der Waals surface area contributed by atoms with Gasteiger partial charge in [-0.2, -0.15) is 0 Å². The van der Waals surface area contributed by atoms with Crippen LogP contribution in [0.15, 0.2) is 78.9 Å². The van der Waals surface area contributed by atoms with Crippen molar-refractivity contribution in [2.24, 2.45) is 0 Å². The van der Waals surface area contributed by atoms with Gasteiger partial charge in [0, 0.05) is 5.56 Å². The predicted octanol–water partition coefficient (Wildman–Crippen LogP) is 5.02. The Morgan fingerprint density at radius 3 is 2.06 bits per heavy atom. The van der Waals surface area contributed by atoms with Gasteiger partial charge in [0.2, 0.25) is 6.10 Å². The first-order valence-corrected chi connectivity index (χ1v) is 10.1. The van der Waals surface area contributed by atoms with E-state index in [9.17, 15) is 9.59 Å². The highest BCUT2D eigenvalue weighted by molar-refractivity contribution is 5.99. The van der Waals surface area contributed by atoms with Gasteiger partial charge in [-0.1, -0.05) is 54.6 Å². The fourth-order valence-corrected chi connectivity index (χ4v) is 3.04. The molecule has 1 N–H and O–H groups in total. The van der Waals surface area contributed by atoms with Crippen LogP contribution in [0.25, 0.3) is 0 Å². The average Bonchev–Trinajstić information content (AvgIpc) is 2.80. The second-order valence-corrected chi connectivity index (χ2v) is 6.54. The second-order valence-electron chi connectivity index (χ2n) is 6.54. The fraction of sp³-hybridized carbons (Fsp3) is 0.200. The molecule has 3 rings (SSSR count). The van der Waals surface area contributed by atoms with E-state index in [0.717, 1.165) is 0 Å². The fourth-order valence-electron chi connectivity index (χ4n) is 3.04. The van der Waals surface area contributed by atoms with Gasteiger partial charge in [-0.25, -0.2) is 4.79 Å². The van der Waals surface area contributed by atoms with E-state index in [1.165, 1.54) is 0 Å². The summed E-state index contributed by atoms with van der Waals surface area (Å²) in [4.78, 5) is 26.1. The molecule has 0 saturated heterocycles. The number of para-hydroxylation sites is 3. The predicted molar refractivity (Wildman–Crippen MR) is 118 cm³/mol. The molecule has 0 aliphatic rings. The number of rotatable bonds is 9. The normalized spacial score (nSPS) is 11.3. The third kappa shape index (κ3) is 5.63. The molecule has 0 heterocycles. The van der Waals surface area contributed by atoms with E-state index in [0.29, 0.717) is 36.0 Å². The minimum atomic E-state index is -1.15. The number of ether oxygens (including phenoxy) is 3. The summed E-state index contributed by atoms with van der Waals surface area (Å²) in [5, 5.41) is 2.82. The van der Waals surface area contributed by atoms with Crippen LogP contribution in [0.1, 0.15) is 35.9 Å². The molecule has 0 radical (unpaired) electrons. The van der Waals surface area contributed by atoms with Crippen LogP contribution >= 0.6 is 0 Å². The second kappa shape index (κ2) is 10.8. The highest BCUT2D eigenvalue weighted by Crippen LogP contribution is 2.28. The molecule has 31 heavy (non-hydrogen) atoms. The van der Waals surface area contributed by atoms with Gasteiger partial charge >= 0.3 is 5.97 Å². The van der Waals surface area contributed by atoms with Crippen molar-refractivity contribution in [2.45, 2.75) is 20.0 Å². The van der Waals surface area contributed by atoms with Gasteiger partial charge in [0.05, 0.1) is 18.9 Å². The zero-order valence-corrected chi connectivity index (χ0v) is 17.5. The number of hydrogen-bond acceptors (Lipinski definition) is 5. The number of carbonyl (C=O) groups excluding carboxylic acids is 2. The maximum Gasteiger partial charge on any atom is 0.343 e. The number of nitrogens with one attached hydrogen (secondary N) is 1. The van der Waals surface area contributed by atoms with Gasteiger partial charge in [0.25, 0.3) is 5.91 Å². The smallest absolute Gasteiger partial charge is 0.343 e. The molecule has 0 unspecified atom stereocenters. The van der Waals surface area contributed by atoms with Crippen molar-refractivity contribution in [2.75, 3.05) is 18.5 Å². The van der Waals surface area contributed by atoms with Crippen molar-refractivity contribution in [3.05, 3.63) is 90.0 Å². The summed E-state index contributed by atoms with van der Waals surface area (Å²) >= 11 is 0. The summed E-state index contributed by atoms with van der Waals surface area (Å²) in [7, 11) is 0. The first kappa shape index (κ1) is 21.9. The van der Waals surface area contributed by atoms with E-state index in [2.05, 4.69) is 5.32 Å². The molecule has 6 nitrogen and oxygen atoms in total. The quantitative estimate of drug-likeness (QED) is 0.493. The molecule has 0 aliphatic carbocycles. The maximum atomic E-state index is 13.2. The number of amides is 1. The largest absolute Gasteiger partial charge is 0.493 e. The summed E-state index contributed by atoms with van der Waals surface area (Å²) in [5.41, 5.74) is 1.31. The number of carbonyl (C=O) groups is 2. The highest BCUT2D eigenvalue weighted by Gasteiger charge is 2.27. The molecule has 0 saturated carbocycles. The van der Waals surface area contributed by atoms with Crippen LogP contribution in [-0.4, -0.2) is 25.1 Å². The molecule has 0 aromatic heterocycles. The molecular formula is C25H25NO5. The topological polar surface area (TPSA) is 73.9 Å². The minimum Gasteiger partial charge on any atom is -0.493 e. The van der Waals surface area contributed by atoms with Gasteiger partial charge in [0.1, 0.15) is 17.1 Å². The lowest BCUT2D eigenvalue weighted by molar-refractivity contribution is -0.125. The van der Waals surface area contributed by atoms with Crippen LogP contribution in [0, 0.1) is 0 Å². The zero-order valence-electron chi connectivity index (χ0n) is 17.5. The van der Waals surface area contributed by atoms with Crippen LogP contribution in [0.3, 0.4) is 0 Å². The van der Waals surface area contributed by atoms with Crippen molar-refractivity contribution < 1.29 is 23.8 Å². The lowest BCUT2D eigenvalue weighted by Crippen LogP contribution is -2.26. The Morgan fingerprint density at radius 1 is 0.774 bits per heavy atom. The van der Waals surface area contributed by atoms with Crippen molar-refractivity contribution >= 4 is 17.6 Å². The zero-order chi connectivity index (χ0) is 22.1. The lowest BCUT2D eigenvalue weighted by Gasteiger charge is -2.20. The first-order chi connectivity index (χ1) is 15.1. The average molecular weight is 419 g/mol. The van der Waals surface area contributed by atoms with Gasteiger partial charge in [-0.3, -0.25) is 4.79 Å². The standard InChI is InChI=1S/C25H25NO5/c1-3-29-21-16-10-8-14-19(21)25(28)31-23(18-12-6-5-7-13-18)24(27)26-20-15-9-11-17-22(20)30-4-2/h5-17,23H,3-4H2,1-2H3,(H,26,27)/t23-/m1/s1. The molecule has 0 aliphatic heterocycles. The molecule has 6 heteroatoms. The van der Waals surface area contributed by atoms with Crippen molar-refractivity contribution in [3.8, 4) is 11.5 Å². The maximum absolute atomic E-state index is 13.2. The van der Waals surface area contributed by atoms with E-state index in [-0.39, 0.29) is 5.56 Å². The molecule has 1 atom stereocenters. The molecule has 3 aromatic carbocycles. The Bertz CT molecular complexity index is 1020. The summed E-state index contributed by atoms with van der Waals surface area (Å²) < 4.78 is 16.8. The summed E-state index contributed by atoms with van der Waals surface area (Å²) in [5.74, 6) is -0.186. The molecule has 3 aromatic rings. The first-order valence-electron chi connectivity index (χ1n) is 10.1. The number of hydrogen-bond donors (Lipinski definition) is 1. The summed E-state index contributed by atoms with van der Waals surface area (Å²) in [6.07, 6.45) is -1.15. The van der Waals surface area contributed by atoms with Gasteiger partial charge in [-0.15, -0.1) is 0 Å². The van der Waals surface area contributed by atoms with Crippen LogP contribution in [0.2, 0.25) is 0 Å². The molecule has 0 fully saturated rings. The molecule has 160 valence electrons. The summed E-state index contributed by atoms with van der Waals surface area (Å²) in [6, 6.07) is 22.8. The Labute approximate surface area is 181 Å². The minimum absolute atomic E-state index is 0.257. The Balaban J connectivity index is 1.88. The van der Waals surface area contributed by atoms with Crippen LogP contribution in [0.5, 0.6) is 11.5 Å². The van der Waals surface area contributed by atoms with E-state index in [1.807, 2.05) is 26.0 Å². The van der Waals surface area contributed by atoms with Crippen molar-refractivity contribution in [1.29, 1.82) is 0 Å². The third-order valence-corrected chi connectivity index (χ3v) is 4.42. The monoisotopic (exact) mass is 419 g/mol. The number of esters is 1. The van der Waals surface area contributed by atoms with Crippen LogP contribution < -0.4 is 14.8 Å². The van der Waals surface area contributed by atoms with Crippen LogP contribution in [-0.2, 0) is 9.53 Å². The molecule has 0 spiro atoms. The van der Waals surface area contributed by atoms with Gasteiger partial charge in [-0.05, 0) is 38.1 Å². The third-order valence-electron chi connectivity index (χ3n) is 4.42. The van der Waals surface area contributed by atoms with E-state index >= 15 is 0 Å². The highest BCUT2D eigenvalue weighted by atomic mass is 16.6. The Hall–Kier alpha value is -3.80. The van der Waals surface area contributed by atoms with E-state index in [1.54, 1.807) is 66.7 Å². The summed E-state index contributed by atoms with van der Waals surface area (Å²) in [6.45, 7) is 4.56. The lowest BCUT2D eigenvalue weighted by atomic mass is 10.1. The van der Waals surface area contributed by atoms with Crippen LogP contribution in [0.4, 0.5) is 5.69 Å². The molecule has 1 amide bonds. The van der Waals surface area contributed by atoms with E-state index in [4.69, 9.17) is 14.2 Å². The molecule has 0 bridgehead atoms. The van der Waals surface area contributed by atoms with Gasteiger partial charge in [0.15, 0.2) is 0 Å². The molecular weight excluding hydrogens is 394 g/mol. The SMILES string of the molecule is CCOc1ccccc1NC(=O)[C@H](OC(=O)c1ccccc1OCC)c1ccccc1. The number of benzene rings is 3. The van der Waals surface area contributed by atoms with Crippen molar-refractivity contribution in [1.82, 2.24) is 0 Å². The van der Waals surface area contributed by atoms with E-state index < -0.39 is 18.0 Å².